The SMILES string of the molecule is O=C(Nc1ccccc1)/C(F)=C/c1ccc(C(F)(F)F)cc1. The summed E-state index contributed by atoms with van der Waals surface area (Å²) in [4.78, 5) is 11.6. The topological polar surface area (TPSA) is 29.1 Å². The average Bonchev–Trinajstić information content (AvgIpc) is 2.48. The van der Waals surface area contributed by atoms with Crippen molar-refractivity contribution in [2.75, 3.05) is 5.32 Å². The predicted molar refractivity (Wildman–Crippen MR) is 75.6 cm³/mol. The number of hydrogen-bond acceptors (Lipinski definition) is 1. The monoisotopic (exact) mass is 309 g/mol. The van der Waals surface area contributed by atoms with E-state index >= 15 is 0 Å². The molecule has 2 aromatic carbocycles. The Morgan fingerprint density at radius 1 is 0.955 bits per heavy atom. The van der Waals surface area contributed by atoms with Crippen LogP contribution in [-0.4, -0.2) is 5.91 Å². The highest BCUT2D eigenvalue weighted by Crippen LogP contribution is 2.29. The minimum Gasteiger partial charge on any atom is -0.320 e. The quantitative estimate of drug-likeness (QED) is 0.648. The number of rotatable bonds is 3. The lowest BCUT2D eigenvalue weighted by Gasteiger charge is -2.06. The van der Waals surface area contributed by atoms with Gasteiger partial charge in [-0.15, -0.1) is 0 Å². The molecule has 0 bridgehead atoms. The maximum Gasteiger partial charge on any atom is 0.416 e. The van der Waals surface area contributed by atoms with Crippen LogP contribution in [0.25, 0.3) is 6.08 Å². The van der Waals surface area contributed by atoms with E-state index in [1.165, 1.54) is 0 Å². The van der Waals surface area contributed by atoms with Crippen LogP contribution in [0, 0.1) is 0 Å². The summed E-state index contributed by atoms with van der Waals surface area (Å²) >= 11 is 0. The van der Waals surface area contributed by atoms with Gasteiger partial charge in [0.2, 0.25) is 0 Å². The second-order valence-electron chi connectivity index (χ2n) is 4.43. The predicted octanol–water partition coefficient (Wildman–Crippen LogP) is 4.65. The van der Waals surface area contributed by atoms with Crippen LogP contribution < -0.4 is 5.32 Å². The Hall–Kier alpha value is -2.63. The fraction of sp³-hybridized carbons (Fsp3) is 0.0625. The minimum atomic E-state index is -4.45. The Bertz CT molecular complexity index is 676. The van der Waals surface area contributed by atoms with Gasteiger partial charge in [0.15, 0.2) is 5.83 Å². The van der Waals surface area contributed by atoms with Crippen molar-refractivity contribution in [1.82, 2.24) is 0 Å². The van der Waals surface area contributed by atoms with Crippen molar-refractivity contribution >= 4 is 17.7 Å². The van der Waals surface area contributed by atoms with Crippen LogP contribution in [0.2, 0.25) is 0 Å². The lowest BCUT2D eigenvalue weighted by molar-refractivity contribution is -0.137. The van der Waals surface area contributed by atoms with Gasteiger partial charge in [-0.25, -0.2) is 4.39 Å². The molecule has 0 fully saturated rings. The molecule has 0 unspecified atom stereocenters. The van der Waals surface area contributed by atoms with Crippen molar-refractivity contribution in [3.05, 3.63) is 71.6 Å². The maximum absolute atomic E-state index is 13.7. The number of nitrogens with one attached hydrogen (secondary N) is 1. The molecule has 22 heavy (non-hydrogen) atoms. The zero-order valence-electron chi connectivity index (χ0n) is 11.2. The van der Waals surface area contributed by atoms with Gasteiger partial charge < -0.3 is 5.32 Å². The van der Waals surface area contributed by atoms with Crippen molar-refractivity contribution in [2.45, 2.75) is 6.18 Å². The summed E-state index contributed by atoms with van der Waals surface area (Å²) < 4.78 is 50.9. The molecule has 0 saturated heterocycles. The third-order valence-corrected chi connectivity index (χ3v) is 2.78. The molecule has 0 aliphatic rings. The zero-order valence-corrected chi connectivity index (χ0v) is 11.2. The van der Waals surface area contributed by atoms with Crippen LogP contribution in [0.15, 0.2) is 60.4 Å². The van der Waals surface area contributed by atoms with E-state index in [1.54, 1.807) is 30.3 Å². The van der Waals surface area contributed by atoms with Gasteiger partial charge >= 0.3 is 6.18 Å². The van der Waals surface area contributed by atoms with E-state index < -0.39 is 23.5 Å². The number of para-hydroxylation sites is 1. The second kappa shape index (κ2) is 6.43. The third-order valence-electron chi connectivity index (χ3n) is 2.78. The molecule has 0 atom stereocenters. The van der Waals surface area contributed by atoms with E-state index in [1.807, 2.05) is 0 Å². The summed E-state index contributed by atoms with van der Waals surface area (Å²) in [6, 6.07) is 12.1. The lowest BCUT2D eigenvalue weighted by atomic mass is 10.1. The highest BCUT2D eigenvalue weighted by Gasteiger charge is 2.29. The molecule has 0 radical (unpaired) electrons. The summed E-state index contributed by atoms with van der Waals surface area (Å²) in [5, 5.41) is 2.34. The Morgan fingerprint density at radius 3 is 2.09 bits per heavy atom. The molecule has 2 rings (SSSR count). The Labute approximate surface area is 124 Å². The van der Waals surface area contributed by atoms with E-state index in [4.69, 9.17) is 0 Å². The first kappa shape index (κ1) is 15.8. The van der Waals surface area contributed by atoms with E-state index in [9.17, 15) is 22.4 Å². The van der Waals surface area contributed by atoms with E-state index in [0.717, 1.165) is 30.3 Å². The molecule has 1 N–H and O–H groups in total. The van der Waals surface area contributed by atoms with E-state index in [0.29, 0.717) is 5.69 Å². The van der Waals surface area contributed by atoms with Crippen molar-refractivity contribution in [1.29, 1.82) is 0 Å². The Balaban J connectivity index is 2.10. The van der Waals surface area contributed by atoms with Crippen LogP contribution in [0.3, 0.4) is 0 Å². The smallest absolute Gasteiger partial charge is 0.320 e. The summed E-state index contributed by atoms with van der Waals surface area (Å²) in [6.07, 6.45) is -3.58. The van der Waals surface area contributed by atoms with Gasteiger partial charge in [0.25, 0.3) is 5.91 Å². The average molecular weight is 309 g/mol. The third kappa shape index (κ3) is 4.18. The molecule has 0 heterocycles. The van der Waals surface area contributed by atoms with Crippen LogP contribution in [-0.2, 0) is 11.0 Å². The molecule has 0 aromatic heterocycles. The van der Waals surface area contributed by atoms with Gasteiger partial charge in [0, 0.05) is 5.69 Å². The van der Waals surface area contributed by atoms with Crippen LogP contribution >= 0.6 is 0 Å². The summed E-state index contributed by atoms with van der Waals surface area (Å²) in [6.45, 7) is 0. The standard InChI is InChI=1S/C16H11F4NO/c17-14(15(22)21-13-4-2-1-3-5-13)10-11-6-8-12(9-7-11)16(18,19)20/h1-10H,(H,21,22)/b14-10-. The van der Waals surface area contributed by atoms with Crippen molar-refractivity contribution in [3.8, 4) is 0 Å². The van der Waals surface area contributed by atoms with Crippen LogP contribution in [0.1, 0.15) is 11.1 Å². The van der Waals surface area contributed by atoms with Gasteiger partial charge in [-0.1, -0.05) is 30.3 Å². The fourth-order valence-corrected chi connectivity index (χ4v) is 1.69. The van der Waals surface area contributed by atoms with Crippen molar-refractivity contribution < 1.29 is 22.4 Å². The van der Waals surface area contributed by atoms with Gasteiger partial charge in [-0.2, -0.15) is 13.2 Å². The fourth-order valence-electron chi connectivity index (χ4n) is 1.69. The molecule has 0 saturated carbocycles. The first-order valence-electron chi connectivity index (χ1n) is 6.27. The molecule has 0 aliphatic heterocycles. The van der Waals surface area contributed by atoms with Crippen LogP contribution in [0.4, 0.5) is 23.2 Å². The highest BCUT2D eigenvalue weighted by molar-refractivity contribution is 6.04. The van der Waals surface area contributed by atoms with Crippen LogP contribution in [0.5, 0.6) is 0 Å². The Morgan fingerprint density at radius 2 is 1.55 bits per heavy atom. The summed E-state index contributed by atoms with van der Waals surface area (Å²) in [5.41, 5.74) is -0.254. The molecular formula is C16H11F4NO. The number of alkyl halides is 3. The molecule has 114 valence electrons. The molecule has 0 aliphatic carbocycles. The first-order chi connectivity index (χ1) is 10.4. The van der Waals surface area contributed by atoms with Gasteiger partial charge in [0.1, 0.15) is 0 Å². The van der Waals surface area contributed by atoms with E-state index in [2.05, 4.69) is 5.32 Å². The number of amides is 1. The second-order valence-corrected chi connectivity index (χ2v) is 4.43. The molecule has 2 aromatic rings. The summed E-state index contributed by atoms with van der Waals surface area (Å²) in [7, 11) is 0. The lowest BCUT2D eigenvalue weighted by Crippen LogP contribution is -2.11. The Kier molecular flexibility index (Phi) is 4.60. The molecule has 2 nitrogen and oxygen atoms in total. The number of halogens is 4. The number of hydrogen-bond donors (Lipinski definition) is 1. The van der Waals surface area contributed by atoms with Crippen molar-refractivity contribution in [2.24, 2.45) is 0 Å². The zero-order chi connectivity index (χ0) is 16.2. The number of carbonyl (C=O) groups is 1. The molecule has 6 heteroatoms. The largest absolute Gasteiger partial charge is 0.416 e. The normalized spacial score (nSPS) is 12.1. The van der Waals surface area contributed by atoms with Gasteiger partial charge in [-0.3, -0.25) is 4.79 Å². The number of benzene rings is 2. The van der Waals surface area contributed by atoms with E-state index in [-0.39, 0.29) is 5.56 Å². The van der Waals surface area contributed by atoms with Gasteiger partial charge in [0.05, 0.1) is 5.56 Å². The maximum atomic E-state index is 13.7. The molecular weight excluding hydrogens is 298 g/mol. The molecule has 1 amide bonds. The first-order valence-corrected chi connectivity index (χ1v) is 6.27. The number of carbonyl (C=O) groups excluding carboxylic acids is 1. The highest BCUT2D eigenvalue weighted by atomic mass is 19.4. The minimum absolute atomic E-state index is 0.161. The van der Waals surface area contributed by atoms with Gasteiger partial charge in [-0.05, 0) is 35.9 Å². The summed E-state index contributed by atoms with van der Waals surface area (Å²) in [5.74, 6) is -2.06. The molecule has 0 spiro atoms. The number of anilines is 1. The van der Waals surface area contributed by atoms with Crippen molar-refractivity contribution in [3.63, 3.8) is 0 Å².